The minimum absolute atomic E-state index is 0.449. The van der Waals surface area contributed by atoms with Crippen LogP contribution >= 0.6 is 0 Å². The second kappa shape index (κ2) is 8.99. The predicted molar refractivity (Wildman–Crippen MR) is 101 cm³/mol. The Bertz CT molecular complexity index is 579. The van der Waals surface area contributed by atoms with E-state index in [1.54, 1.807) is 12.3 Å². The van der Waals surface area contributed by atoms with Crippen molar-refractivity contribution in [1.82, 2.24) is 9.88 Å². The molecule has 0 unspecified atom stereocenters. The average molecular weight is 343 g/mol. The zero-order valence-corrected chi connectivity index (χ0v) is 14.9. The van der Waals surface area contributed by atoms with Gasteiger partial charge >= 0.3 is 5.97 Å². The first-order chi connectivity index (χ1) is 12.2. The van der Waals surface area contributed by atoms with Gasteiger partial charge in [-0.15, -0.1) is 0 Å². The van der Waals surface area contributed by atoms with Gasteiger partial charge in [0.05, 0.1) is 0 Å². The molecule has 3 rings (SSSR count). The maximum Gasteiger partial charge on any atom is 0.328 e. The maximum absolute atomic E-state index is 10.6. The highest BCUT2D eigenvalue weighted by molar-refractivity contribution is 5.85. The highest BCUT2D eigenvalue weighted by Crippen LogP contribution is 2.26. The first-order valence-corrected chi connectivity index (χ1v) is 9.55. The third-order valence-corrected chi connectivity index (χ3v) is 5.30. The molecule has 1 saturated heterocycles. The van der Waals surface area contributed by atoms with E-state index >= 15 is 0 Å². The molecule has 0 radical (unpaired) electrons. The lowest BCUT2D eigenvalue weighted by molar-refractivity contribution is -0.131. The molecule has 0 amide bonds. The second-order valence-electron chi connectivity index (χ2n) is 7.40. The van der Waals surface area contributed by atoms with Crippen molar-refractivity contribution in [3.63, 3.8) is 0 Å². The van der Waals surface area contributed by atoms with Gasteiger partial charge in [-0.05, 0) is 61.9 Å². The van der Waals surface area contributed by atoms with Crippen LogP contribution in [0.5, 0.6) is 0 Å². The largest absolute Gasteiger partial charge is 0.478 e. The third-order valence-electron chi connectivity index (χ3n) is 5.30. The Balaban J connectivity index is 1.49. The van der Waals surface area contributed by atoms with E-state index in [1.165, 1.54) is 58.0 Å². The van der Waals surface area contributed by atoms with Crippen molar-refractivity contribution in [3.05, 3.63) is 30.0 Å². The summed E-state index contributed by atoms with van der Waals surface area (Å²) >= 11 is 0. The second-order valence-corrected chi connectivity index (χ2v) is 7.40. The van der Waals surface area contributed by atoms with Gasteiger partial charge in [0, 0.05) is 31.4 Å². The summed E-state index contributed by atoms with van der Waals surface area (Å²) in [5.74, 6) is 0.824. The number of likely N-dealkylation sites (tertiary alicyclic amines) is 1. The standard InChI is InChI=1S/C20H29N3O2/c24-20(25)11-9-16-8-10-19(21-13-16)22-18-7-4-12-23(15-18)14-17-5-2-1-3-6-17/h8-11,13,17-18H,1-7,12,14-15H2,(H,21,22)(H,24,25)/b11-9+/t18-/m0/s1. The van der Waals surface area contributed by atoms with Crippen LogP contribution in [0.15, 0.2) is 24.4 Å². The molecule has 1 aliphatic carbocycles. The smallest absolute Gasteiger partial charge is 0.328 e. The minimum atomic E-state index is -0.942. The molecule has 1 saturated carbocycles. The number of carbonyl (C=O) groups is 1. The molecule has 0 aromatic carbocycles. The van der Waals surface area contributed by atoms with Crippen LogP contribution in [0.25, 0.3) is 6.08 Å². The van der Waals surface area contributed by atoms with Crippen molar-refractivity contribution in [2.45, 2.75) is 51.0 Å². The van der Waals surface area contributed by atoms with Gasteiger partial charge in [0.25, 0.3) is 0 Å². The number of rotatable bonds is 6. The van der Waals surface area contributed by atoms with Crippen molar-refractivity contribution < 1.29 is 9.90 Å². The van der Waals surface area contributed by atoms with Gasteiger partial charge in [0.2, 0.25) is 0 Å². The zero-order chi connectivity index (χ0) is 17.5. The number of nitrogens with one attached hydrogen (secondary N) is 1. The van der Waals surface area contributed by atoms with Crippen molar-refractivity contribution >= 4 is 17.9 Å². The molecule has 2 heterocycles. The van der Waals surface area contributed by atoms with Crippen LogP contribution in [0.1, 0.15) is 50.5 Å². The Labute approximate surface area is 150 Å². The molecule has 2 N–H and O–H groups in total. The summed E-state index contributed by atoms with van der Waals surface area (Å²) in [5.41, 5.74) is 0.801. The molecule has 1 aliphatic heterocycles. The number of carboxylic acid groups (broad SMARTS) is 1. The molecule has 5 nitrogen and oxygen atoms in total. The number of nitrogens with zero attached hydrogens (tertiary/aromatic N) is 2. The molecule has 0 bridgehead atoms. The Morgan fingerprint density at radius 3 is 2.80 bits per heavy atom. The Morgan fingerprint density at radius 1 is 1.24 bits per heavy atom. The molecular weight excluding hydrogens is 314 g/mol. The first kappa shape index (κ1) is 17.9. The fraction of sp³-hybridized carbons (Fsp3) is 0.600. The monoisotopic (exact) mass is 343 g/mol. The summed E-state index contributed by atoms with van der Waals surface area (Å²) in [7, 11) is 0. The quantitative estimate of drug-likeness (QED) is 0.772. The third kappa shape index (κ3) is 5.85. The molecule has 2 fully saturated rings. The molecule has 1 aromatic rings. The van der Waals surface area contributed by atoms with E-state index in [0.29, 0.717) is 6.04 Å². The lowest BCUT2D eigenvalue weighted by Gasteiger charge is -2.36. The van der Waals surface area contributed by atoms with Gasteiger partial charge in [-0.3, -0.25) is 0 Å². The fourth-order valence-corrected chi connectivity index (χ4v) is 4.04. The van der Waals surface area contributed by atoms with E-state index in [1.807, 2.05) is 12.1 Å². The van der Waals surface area contributed by atoms with Gasteiger partial charge in [0.1, 0.15) is 5.82 Å². The molecule has 2 aliphatic rings. The van der Waals surface area contributed by atoms with Crippen LogP contribution in [0.2, 0.25) is 0 Å². The highest BCUT2D eigenvalue weighted by atomic mass is 16.4. The first-order valence-electron chi connectivity index (χ1n) is 9.55. The predicted octanol–water partition coefficient (Wildman–Crippen LogP) is 3.64. The van der Waals surface area contributed by atoms with Crippen molar-refractivity contribution in [3.8, 4) is 0 Å². The van der Waals surface area contributed by atoms with Gasteiger partial charge in [-0.1, -0.05) is 19.3 Å². The summed E-state index contributed by atoms with van der Waals surface area (Å²) in [5, 5.41) is 12.2. The number of anilines is 1. The average Bonchev–Trinajstić information content (AvgIpc) is 2.62. The number of pyridine rings is 1. The van der Waals surface area contributed by atoms with E-state index < -0.39 is 5.97 Å². The Kier molecular flexibility index (Phi) is 6.45. The lowest BCUT2D eigenvalue weighted by atomic mass is 9.88. The van der Waals surface area contributed by atoms with Crippen molar-refractivity contribution in [2.75, 3.05) is 25.0 Å². The van der Waals surface area contributed by atoms with Crippen LogP contribution in [0, 0.1) is 5.92 Å². The van der Waals surface area contributed by atoms with E-state index in [2.05, 4.69) is 15.2 Å². The summed E-state index contributed by atoms with van der Waals surface area (Å²) in [6.07, 6.45) is 13.9. The number of aliphatic carboxylic acids is 1. The van der Waals surface area contributed by atoms with Gasteiger partial charge in [0.15, 0.2) is 0 Å². The minimum Gasteiger partial charge on any atom is -0.478 e. The number of carboxylic acids is 1. The van der Waals surface area contributed by atoms with Crippen molar-refractivity contribution in [2.24, 2.45) is 5.92 Å². The molecule has 5 heteroatoms. The van der Waals surface area contributed by atoms with E-state index in [9.17, 15) is 4.79 Å². The van der Waals surface area contributed by atoms with Crippen LogP contribution in [0.4, 0.5) is 5.82 Å². The van der Waals surface area contributed by atoms with Crippen LogP contribution in [-0.2, 0) is 4.79 Å². The summed E-state index contributed by atoms with van der Waals surface area (Å²) in [6, 6.07) is 4.28. The van der Waals surface area contributed by atoms with E-state index in [4.69, 9.17) is 5.11 Å². The number of aromatic nitrogens is 1. The van der Waals surface area contributed by atoms with Crippen LogP contribution in [0.3, 0.4) is 0 Å². The summed E-state index contributed by atoms with van der Waals surface area (Å²) < 4.78 is 0. The summed E-state index contributed by atoms with van der Waals surface area (Å²) in [6.45, 7) is 3.57. The molecule has 136 valence electrons. The molecule has 0 spiro atoms. The maximum atomic E-state index is 10.6. The van der Waals surface area contributed by atoms with E-state index in [-0.39, 0.29) is 0 Å². The number of hydrogen-bond donors (Lipinski definition) is 2. The van der Waals surface area contributed by atoms with Crippen molar-refractivity contribution in [1.29, 1.82) is 0 Å². The van der Waals surface area contributed by atoms with Crippen LogP contribution < -0.4 is 5.32 Å². The summed E-state index contributed by atoms with van der Waals surface area (Å²) in [4.78, 5) is 17.6. The zero-order valence-electron chi connectivity index (χ0n) is 14.9. The molecule has 25 heavy (non-hydrogen) atoms. The Morgan fingerprint density at radius 2 is 2.08 bits per heavy atom. The molecule has 1 aromatic heterocycles. The highest BCUT2D eigenvalue weighted by Gasteiger charge is 2.23. The number of piperidine rings is 1. The SMILES string of the molecule is O=C(O)/C=C/c1ccc(N[C@H]2CCCN(CC3CCCCC3)C2)nc1. The van der Waals surface area contributed by atoms with Gasteiger partial charge in [-0.2, -0.15) is 0 Å². The number of hydrogen-bond acceptors (Lipinski definition) is 4. The van der Waals surface area contributed by atoms with E-state index in [0.717, 1.165) is 29.9 Å². The lowest BCUT2D eigenvalue weighted by Crippen LogP contribution is -2.44. The molecular formula is C20H29N3O2. The fourth-order valence-electron chi connectivity index (χ4n) is 4.04. The van der Waals surface area contributed by atoms with Crippen LogP contribution in [-0.4, -0.2) is 46.6 Å². The Hall–Kier alpha value is -1.88. The normalized spacial score (nSPS) is 23.0. The molecule has 1 atom stereocenters. The topological polar surface area (TPSA) is 65.5 Å². The van der Waals surface area contributed by atoms with Gasteiger partial charge in [-0.25, -0.2) is 9.78 Å². The van der Waals surface area contributed by atoms with Gasteiger partial charge < -0.3 is 15.3 Å².